The first-order chi connectivity index (χ1) is 16.7. The smallest absolute Gasteiger partial charge is 0.291 e. The molecule has 0 N–H and O–H groups in total. The molecule has 10 heteroatoms. The number of hydrogen-bond acceptors (Lipinski definition) is 7. The van der Waals surface area contributed by atoms with Crippen molar-refractivity contribution < 1.29 is 18.3 Å². The van der Waals surface area contributed by atoms with Crippen LogP contribution in [0.25, 0.3) is 16.3 Å². The van der Waals surface area contributed by atoms with E-state index in [1.807, 2.05) is 48.7 Å². The third-order valence-corrected chi connectivity index (χ3v) is 7.07. The van der Waals surface area contributed by atoms with Gasteiger partial charge < -0.3 is 9.47 Å². The Morgan fingerprint density at radius 2 is 1.94 bits per heavy atom. The van der Waals surface area contributed by atoms with E-state index in [4.69, 9.17) is 9.47 Å². The maximum absolute atomic E-state index is 13.0. The fourth-order valence-corrected chi connectivity index (χ4v) is 5.09. The van der Waals surface area contributed by atoms with Crippen LogP contribution in [0.3, 0.4) is 0 Å². The molecule has 3 aromatic heterocycles. The Kier molecular flexibility index (Phi) is 8.47. The molecule has 6 nitrogen and oxygen atoms in total. The first kappa shape index (κ1) is 24.6. The molecule has 0 saturated carbocycles. The second kappa shape index (κ2) is 11.7. The number of rotatable bonds is 7. The predicted octanol–water partition coefficient (Wildman–Crippen LogP) is 6.67. The van der Waals surface area contributed by atoms with E-state index in [0.29, 0.717) is 29.8 Å². The Morgan fingerprint density at radius 3 is 2.65 bits per heavy atom. The lowest BCUT2D eigenvalue weighted by Crippen LogP contribution is -2.26. The summed E-state index contributed by atoms with van der Waals surface area (Å²) < 4.78 is 39.7. The molecular weight excluding hydrogens is 478 g/mol. The van der Waals surface area contributed by atoms with E-state index in [-0.39, 0.29) is 11.1 Å². The largest absolute Gasteiger partial charge is 0.488 e. The molecule has 4 heterocycles. The summed E-state index contributed by atoms with van der Waals surface area (Å²) in [5, 5.41) is 7.58. The zero-order chi connectivity index (χ0) is 23.9. The number of imidazole rings is 1. The lowest BCUT2D eigenvalue weighted by Gasteiger charge is -2.24. The first-order valence-electron chi connectivity index (χ1n) is 11.2. The second-order valence-electron chi connectivity index (χ2n) is 7.33. The Morgan fingerprint density at radius 1 is 1.18 bits per heavy atom. The minimum Gasteiger partial charge on any atom is -0.488 e. The van der Waals surface area contributed by atoms with Crippen LogP contribution < -0.4 is 4.74 Å². The van der Waals surface area contributed by atoms with Crippen LogP contribution in [0.15, 0.2) is 53.7 Å². The van der Waals surface area contributed by atoms with E-state index in [0.717, 1.165) is 40.3 Å². The van der Waals surface area contributed by atoms with E-state index < -0.39 is 6.43 Å². The van der Waals surface area contributed by atoms with Crippen LogP contribution in [0.4, 0.5) is 8.78 Å². The molecular formula is C24H26F2N4O2S2. The molecule has 1 fully saturated rings. The van der Waals surface area contributed by atoms with Crippen LogP contribution in [-0.4, -0.2) is 38.9 Å². The van der Waals surface area contributed by atoms with Gasteiger partial charge in [0, 0.05) is 29.7 Å². The molecule has 34 heavy (non-hydrogen) atoms. The number of pyridine rings is 1. The fourth-order valence-electron chi connectivity index (χ4n) is 3.50. The van der Waals surface area contributed by atoms with Gasteiger partial charge in [0.25, 0.3) is 6.43 Å². The Balaban J connectivity index is 0.00000133. The Labute approximate surface area is 205 Å². The summed E-state index contributed by atoms with van der Waals surface area (Å²) in [6.07, 6.45) is 2.69. The summed E-state index contributed by atoms with van der Waals surface area (Å²) in [7, 11) is 0. The number of thioether (sulfide) groups is 1. The quantitative estimate of drug-likeness (QED) is 0.262. The number of aromatic nitrogens is 4. The zero-order valence-electron chi connectivity index (χ0n) is 19.0. The van der Waals surface area contributed by atoms with E-state index in [1.54, 1.807) is 18.0 Å². The minimum absolute atomic E-state index is 0.0623. The van der Waals surface area contributed by atoms with E-state index in [2.05, 4.69) is 27.3 Å². The van der Waals surface area contributed by atoms with Crippen LogP contribution in [0.2, 0.25) is 0 Å². The third kappa shape index (κ3) is 5.73. The fraction of sp³-hybridized carbons (Fsp3) is 0.375. The van der Waals surface area contributed by atoms with Gasteiger partial charge in [-0.1, -0.05) is 55.5 Å². The second-order valence-corrected chi connectivity index (χ2v) is 9.38. The average Bonchev–Trinajstić information content (AvgIpc) is 3.53. The highest BCUT2D eigenvalue weighted by Gasteiger charge is 2.21. The summed E-state index contributed by atoms with van der Waals surface area (Å²) in [6.45, 7) is 5.35. The lowest BCUT2D eigenvalue weighted by atomic mass is 10.1. The van der Waals surface area contributed by atoms with Gasteiger partial charge in [0.1, 0.15) is 17.4 Å². The Hall–Kier alpha value is -2.56. The molecule has 0 spiro atoms. The number of alkyl halides is 2. The summed E-state index contributed by atoms with van der Waals surface area (Å²) in [6, 6.07) is 12.2. The number of benzene rings is 1. The van der Waals surface area contributed by atoms with Gasteiger partial charge in [0.15, 0.2) is 15.8 Å². The van der Waals surface area contributed by atoms with Crippen LogP contribution >= 0.6 is 23.1 Å². The number of fused-ring (bicyclic) bond motifs is 1. The van der Waals surface area contributed by atoms with Gasteiger partial charge >= 0.3 is 0 Å². The van der Waals surface area contributed by atoms with Crippen LogP contribution in [-0.2, 0) is 10.5 Å². The van der Waals surface area contributed by atoms with E-state index >= 15 is 0 Å². The molecule has 1 aliphatic heterocycles. The first-order valence-corrected chi connectivity index (χ1v) is 13.0. The molecule has 1 aliphatic rings. The highest BCUT2D eigenvalue weighted by atomic mass is 32.2. The van der Waals surface area contributed by atoms with E-state index in [9.17, 15) is 8.78 Å². The van der Waals surface area contributed by atoms with Crippen molar-refractivity contribution in [3.8, 4) is 16.6 Å². The van der Waals surface area contributed by atoms with Crippen LogP contribution in [0.5, 0.6) is 5.75 Å². The standard InChI is InChI=1S/C22H20F2N4O2S2.C2H6/c23-19(24)21-26-27-22(32-21)20-25-11-17-18(30-15-6-8-29-9-7-15)10-16(12-28(17)20)31-13-14-4-2-1-3-5-14;1-2/h1-5,10-12,15,19H,6-9,13H2;1-2H3. The van der Waals surface area contributed by atoms with Crippen molar-refractivity contribution in [1.82, 2.24) is 19.6 Å². The molecule has 1 saturated heterocycles. The summed E-state index contributed by atoms with van der Waals surface area (Å²) in [4.78, 5) is 5.45. The van der Waals surface area contributed by atoms with Gasteiger partial charge in [-0.2, -0.15) is 0 Å². The zero-order valence-corrected chi connectivity index (χ0v) is 20.6. The topological polar surface area (TPSA) is 61.5 Å². The molecule has 0 unspecified atom stereocenters. The molecule has 0 amide bonds. The maximum Gasteiger partial charge on any atom is 0.291 e. The third-order valence-electron chi connectivity index (χ3n) is 5.11. The number of halogens is 2. The SMILES string of the molecule is CC.FC(F)c1nnc(-c2ncc3c(OC4CCOCC4)cc(SCc4ccccc4)cn23)s1. The van der Waals surface area contributed by atoms with Gasteiger partial charge in [0.2, 0.25) is 0 Å². The number of hydrogen-bond donors (Lipinski definition) is 0. The molecule has 0 radical (unpaired) electrons. The van der Waals surface area contributed by atoms with Crippen molar-refractivity contribution in [1.29, 1.82) is 0 Å². The highest BCUT2D eigenvalue weighted by molar-refractivity contribution is 7.98. The molecule has 180 valence electrons. The van der Waals surface area contributed by atoms with Crippen molar-refractivity contribution in [3.63, 3.8) is 0 Å². The summed E-state index contributed by atoms with van der Waals surface area (Å²) >= 11 is 2.53. The Bertz CT molecular complexity index is 1190. The minimum atomic E-state index is -2.66. The van der Waals surface area contributed by atoms with Crippen molar-refractivity contribution in [3.05, 3.63) is 59.4 Å². The van der Waals surface area contributed by atoms with Crippen LogP contribution in [0.1, 0.15) is 43.7 Å². The van der Waals surface area contributed by atoms with Gasteiger partial charge in [-0.25, -0.2) is 13.8 Å². The molecule has 5 rings (SSSR count). The summed E-state index contributed by atoms with van der Waals surface area (Å²) in [5.74, 6) is 1.98. The van der Waals surface area contributed by atoms with Gasteiger partial charge in [0.05, 0.1) is 19.4 Å². The van der Waals surface area contributed by atoms with Crippen molar-refractivity contribution in [2.45, 2.75) is 49.9 Å². The number of ether oxygens (including phenoxy) is 2. The van der Waals surface area contributed by atoms with Crippen molar-refractivity contribution in [2.24, 2.45) is 0 Å². The predicted molar refractivity (Wildman–Crippen MR) is 131 cm³/mol. The normalized spacial score (nSPS) is 14.3. The molecule has 0 atom stereocenters. The van der Waals surface area contributed by atoms with Gasteiger partial charge in [-0.05, 0) is 11.6 Å². The average molecular weight is 505 g/mol. The molecule has 1 aromatic carbocycles. The molecule has 0 aliphatic carbocycles. The monoisotopic (exact) mass is 504 g/mol. The van der Waals surface area contributed by atoms with Crippen molar-refractivity contribution >= 4 is 28.6 Å². The molecule has 0 bridgehead atoms. The van der Waals surface area contributed by atoms with Gasteiger partial charge in [-0.3, -0.25) is 4.40 Å². The molecule has 4 aromatic rings. The van der Waals surface area contributed by atoms with Crippen LogP contribution in [0, 0.1) is 0 Å². The van der Waals surface area contributed by atoms with Gasteiger partial charge in [-0.15, -0.1) is 22.0 Å². The lowest BCUT2D eigenvalue weighted by molar-refractivity contribution is 0.0259. The highest BCUT2D eigenvalue weighted by Crippen LogP contribution is 2.35. The maximum atomic E-state index is 13.0. The van der Waals surface area contributed by atoms with Crippen molar-refractivity contribution in [2.75, 3.05) is 13.2 Å². The summed E-state index contributed by atoms with van der Waals surface area (Å²) in [5.41, 5.74) is 1.98. The van der Waals surface area contributed by atoms with E-state index in [1.165, 1.54) is 5.56 Å². The number of nitrogens with zero attached hydrogens (tertiary/aromatic N) is 4.